The summed E-state index contributed by atoms with van der Waals surface area (Å²) in [6, 6.07) is 7.57. The number of aryl methyl sites for hydroxylation is 1. The number of methoxy groups -OCH3 is 1. The Bertz CT molecular complexity index is 375. The molecule has 1 saturated carbocycles. The third kappa shape index (κ3) is 2.38. The Morgan fingerprint density at radius 1 is 1.44 bits per heavy atom. The quantitative estimate of drug-likeness (QED) is 0.840. The van der Waals surface area contributed by atoms with Gasteiger partial charge in [-0.3, -0.25) is 0 Å². The van der Waals surface area contributed by atoms with Gasteiger partial charge in [0.2, 0.25) is 0 Å². The molecule has 0 aromatic heterocycles. The van der Waals surface area contributed by atoms with Crippen molar-refractivity contribution >= 4 is 0 Å². The molecule has 1 aliphatic carbocycles. The zero-order valence-electron chi connectivity index (χ0n) is 10.6. The largest absolute Gasteiger partial charge is 0.496 e. The van der Waals surface area contributed by atoms with Crippen molar-refractivity contribution in [2.75, 3.05) is 7.11 Å². The van der Waals surface area contributed by atoms with Crippen molar-refractivity contribution in [2.24, 2.45) is 5.92 Å². The van der Waals surface area contributed by atoms with E-state index in [1.165, 1.54) is 17.5 Å². The molecule has 1 aromatic carbocycles. The van der Waals surface area contributed by atoms with E-state index in [9.17, 15) is 0 Å². The number of hydrogen-bond donors (Lipinski definition) is 1. The predicted molar refractivity (Wildman–Crippen MR) is 66.9 cm³/mol. The molecular formula is C14H21NO. The van der Waals surface area contributed by atoms with Crippen LogP contribution in [0.4, 0.5) is 0 Å². The summed E-state index contributed by atoms with van der Waals surface area (Å²) in [4.78, 5) is 0. The van der Waals surface area contributed by atoms with Crippen LogP contribution >= 0.6 is 0 Å². The van der Waals surface area contributed by atoms with Crippen molar-refractivity contribution < 1.29 is 4.74 Å². The molecule has 0 bridgehead atoms. The van der Waals surface area contributed by atoms with Gasteiger partial charge in [-0.25, -0.2) is 0 Å². The first-order valence-corrected chi connectivity index (χ1v) is 6.02. The van der Waals surface area contributed by atoms with Gasteiger partial charge in [0.1, 0.15) is 5.75 Å². The lowest BCUT2D eigenvalue weighted by molar-refractivity contribution is 0.411. The molecular weight excluding hydrogens is 198 g/mol. The monoisotopic (exact) mass is 219 g/mol. The van der Waals surface area contributed by atoms with Crippen LogP contribution in [0.3, 0.4) is 0 Å². The lowest BCUT2D eigenvalue weighted by Gasteiger charge is -2.15. The maximum absolute atomic E-state index is 5.27. The van der Waals surface area contributed by atoms with E-state index < -0.39 is 0 Å². The topological polar surface area (TPSA) is 21.3 Å². The summed E-state index contributed by atoms with van der Waals surface area (Å²) in [6.07, 6.45) is 1.32. The fourth-order valence-electron chi connectivity index (χ4n) is 2.14. The highest BCUT2D eigenvalue weighted by atomic mass is 16.5. The van der Waals surface area contributed by atoms with Crippen LogP contribution in [0.2, 0.25) is 0 Å². The molecule has 0 heterocycles. The van der Waals surface area contributed by atoms with Gasteiger partial charge >= 0.3 is 0 Å². The first kappa shape index (κ1) is 11.5. The first-order chi connectivity index (χ1) is 7.61. The number of nitrogens with one attached hydrogen (secondary N) is 1. The van der Waals surface area contributed by atoms with Crippen molar-refractivity contribution in [3.63, 3.8) is 0 Å². The lowest BCUT2D eigenvalue weighted by Crippen LogP contribution is -2.22. The molecule has 88 valence electrons. The van der Waals surface area contributed by atoms with Gasteiger partial charge in [-0.2, -0.15) is 0 Å². The SMILES string of the molecule is COc1ccc(C(C)NC2CC2C)cc1C. The summed E-state index contributed by atoms with van der Waals surface area (Å²) in [5.74, 6) is 1.82. The maximum atomic E-state index is 5.27. The van der Waals surface area contributed by atoms with Gasteiger partial charge in [0.15, 0.2) is 0 Å². The minimum Gasteiger partial charge on any atom is -0.496 e. The summed E-state index contributed by atoms with van der Waals surface area (Å²) in [5, 5.41) is 3.64. The van der Waals surface area contributed by atoms with Crippen molar-refractivity contribution in [1.29, 1.82) is 0 Å². The molecule has 0 aliphatic heterocycles. The van der Waals surface area contributed by atoms with Gasteiger partial charge in [-0.15, -0.1) is 0 Å². The number of hydrogen-bond acceptors (Lipinski definition) is 2. The Kier molecular flexibility index (Phi) is 3.20. The van der Waals surface area contributed by atoms with Crippen LogP contribution in [0, 0.1) is 12.8 Å². The summed E-state index contributed by atoms with van der Waals surface area (Å²) in [5.41, 5.74) is 2.55. The summed E-state index contributed by atoms with van der Waals surface area (Å²) < 4.78 is 5.27. The van der Waals surface area contributed by atoms with Crippen LogP contribution in [0.5, 0.6) is 5.75 Å². The molecule has 0 radical (unpaired) electrons. The van der Waals surface area contributed by atoms with Gasteiger partial charge < -0.3 is 10.1 Å². The molecule has 1 aliphatic rings. The van der Waals surface area contributed by atoms with Gasteiger partial charge in [0.05, 0.1) is 7.11 Å². The van der Waals surface area contributed by atoms with Crippen molar-refractivity contribution in [3.8, 4) is 5.75 Å². The van der Waals surface area contributed by atoms with Crippen molar-refractivity contribution in [2.45, 2.75) is 39.3 Å². The van der Waals surface area contributed by atoms with E-state index in [4.69, 9.17) is 4.74 Å². The van der Waals surface area contributed by atoms with Gasteiger partial charge in [-0.1, -0.05) is 19.1 Å². The van der Waals surface area contributed by atoms with E-state index in [1.54, 1.807) is 7.11 Å². The normalized spacial score (nSPS) is 25.2. The molecule has 1 aromatic rings. The Labute approximate surface area is 98.0 Å². The molecule has 3 atom stereocenters. The average molecular weight is 219 g/mol. The van der Waals surface area contributed by atoms with Gasteiger partial charge in [0, 0.05) is 12.1 Å². The fourth-order valence-corrected chi connectivity index (χ4v) is 2.14. The molecule has 2 rings (SSSR count). The van der Waals surface area contributed by atoms with Crippen LogP contribution in [0.1, 0.15) is 37.4 Å². The van der Waals surface area contributed by atoms with Crippen molar-refractivity contribution in [3.05, 3.63) is 29.3 Å². The van der Waals surface area contributed by atoms with E-state index >= 15 is 0 Å². The molecule has 1 N–H and O–H groups in total. The lowest BCUT2D eigenvalue weighted by atomic mass is 10.0. The third-order valence-electron chi connectivity index (χ3n) is 3.49. The van der Waals surface area contributed by atoms with E-state index in [0.29, 0.717) is 6.04 Å². The Morgan fingerprint density at radius 2 is 2.12 bits per heavy atom. The molecule has 16 heavy (non-hydrogen) atoms. The second-order valence-corrected chi connectivity index (χ2v) is 4.94. The molecule has 0 saturated heterocycles. The molecule has 0 spiro atoms. The van der Waals surface area contributed by atoms with E-state index in [0.717, 1.165) is 17.7 Å². The molecule has 0 amide bonds. The molecule has 2 nitrogen and oxygen atoms in total. The van der Waals surface area contributed by atoms with Crippen molar-refractivity contribution in [1.82, 2.24) is 5.32 Å². The number of benzene rings is 1. The highest BCUT2D eigenvalue weighted by Crippen LogP contribution is 2.32. The molecule has 2 heteroatoms. The minimum absolute atomic E-state index is 0.430. The Balaban J connectivity index is 2.05. The summed E-state index contributed by atoms with van der Waals surface area (Å²) >= 11 is 0. The second-order valence-electron chi connectivity index (χ2n) is 4.94. The second kappa shape index (κ2) is 4.46. The zero-order chi connectivity index (χ0) is 11.7. The Hall–Kier alpha value is -1.02. The summed E-state index contributed by atoms with van der Waals surface area (Å²) in [6.45, 7) is 6.62. The summed E-state index contributed by atoms with van der Waals surface area (Å²) in [7, 11) is 1.72. The van der Waals surface area contributed by atoms with Gasteiger partial charge in [0.25, 0.3) is 0 Å². The zero-order valence-corrected chi connectivity index (χ0v) is 10.6. The number of rotatable bonds is 4. The van der Waals surface area contributed by atoms with Crippen LogP contribution < -0.4 is 10.1 Å². The first-order valence-electron chi connectivity index (χ1n) is 6.02. The maximum Gasteiger partial charge on any atom is 0.121 e. The highest BCUT2D eigenvalue weighted by Gasteiger charge is 2.33. The van der Waals surface area contributed by atoms with Crippen LogP contribution in [0.15, 0.2) is 18.2 Å². The Morgan fingerprint density at radius 3 is 2.62 bits per heavy atom. The van der Waals surface area contributed by atoms with E-state index in [-0.39, 0.29) is 0 Å². The molecule has 1 fully saturated rings. The smallest absolute Gasteiger partial charge is 0.121 e. The predicted octanol–water partition coefficient (Wildman–Crippen LogP) is 3.06. The van der Waals surface area contributed by atoms with Crippen LogP contribution in [0.25, 0.3) is 0 Å². The van der Waals surface area contributed by atoms with E-state index in [2.05, 4.69) is 44.3 Å². The standard InChI is InChI=1S/C14H21NO/c1-9-8-13(9)15-11(3)12-5-6-14(16-4)10(2)7-12/h5-7,9,11,13,15H,8H2,1-4H3. The van der Waals surface area contributed by atoms with E-state index in [1.807, 2.05) is 0 Å². The average Bonchev–Trinajstić information content (AvgIpc) is 2.94. The fraction of sp³-hybridized carbons (Fsp3) is 0.571. The van der Waals surface area contributed by atoms with Crippen LogP contribution in [-0.4, -0.2) is 13.2 Å². The molecule has 3 unspecified atom stereocenters. The van der Waals surface area contributed by atoms with Gasteiger partial charge in [-0.05, 0) is 43.4 Å². The third-order valence-corrected chi connectivity index (χ3v) is 3.49. The highest BCUT2D eigenvalue weighted by molar-refractivity contribution is 5.37. The van der Waals surface area contributed by atoms with Crippen LogP contribution in [-0.2, 0) is 0 Å². The number of ether oxygens (including phenoxy) is 1. The minimum atomic E-state index is 0.430.